The highest BCUT2D eigenvalue weighted by molar-refractivity contribution is 9.10. The van der Waals surface area contributed by atoms with Crippen molar-refractivity contribution in [1.82, 2.24) is 5.32 Å². The predicted octanol–water partition coefficient (Wildman–Crippen LogP) is 4.11. The van der Waals surface area contributed by atoms with Gasteiger partial charge in [0.15, 0.2) is 6.10 Å². The molecule has 1 amide bonds. The number of thiophene rings is 1. The van der Waals surface area contributed by atoms with Crippen LogP contribution in [0.3, 0.4) is 0 Å². The Morgan fingerprint density at radius 3 is 2.74 bits per heavy atom. The molecule has 1 aromatic heterocycles. The second kappa shape index (κ2) is 9.57. The van der Waals surface area contributed by atoms with E-state index < -0.39 is 17.9 Å². The Kier molecular flexibility index (Phi) is 7.44. The first kappa shape index (κ1) is 21.0. The second-order valence-corrected chi connectivity index (χ2v) is 7.70. The molecule has 1 unspecified atom stereocenters. The van der Waals surface area contributed by atoms with Crippen molar-refractivity contribution in [3.63, 3.8) is 0 Å². The van der Waals surface area contributed by atoms with Gasteiger partial charge in [0.05, 0.1) is 11.4 Å². The summed E-state index contributed by atoms with van der Waals surface area (Å²) >= 11 is 4.45. The summed E-state index contributed by atoms with van der Waals surface area (Å²) in [7, 11) is 0. The maximum atomic E-state index is 13.6. The largest absolute Gasteiger partial charge is 0.451 e. The molecule has 0 saturated heterocycles. The molecule has 1 N–H and O–H groups in total. The van der Waals surface area contributed by atoms with Crippen LogP contribution in [0, 0.1) is 5.82 Å². The van der Waals surface area contributed by atoms with Crippen molar-refractivity contribution in [2.45, 2.75) is 26.5 Å². The minimum absolute atomic E-state index is 0.160. The number of nitrogens with one attached hydrogen (secondary N) is 1. The number of carbonyl (C=O) groups is 3. The van der Waals surface area contributed by atoms with Crippen molar-refractivity contribution in [3.05, 3.63) is 62.0 Å². The zero-order valence-corrected chi connectivity index (χ0v) is 17.0. The third-order valence-electron chi connectivity index (χ3n) is 3.44. The monoisotopic (exact) mass is 453 g/mol. The third-order valence-corrected chi connectivity index (χ3v) is 5.03. The Balaban J connectivity index is 1.95. The molecule has 2 rings (SSSR count). The van der Waals surface area contributed by atoms with E-state index in [2.05, 4.69) is 21.2 Å². The number of benzene rings is 1. The fourth-order valence-corrected chi connectivity index (χ4v) is 3.43. The first-order valence-corrected chi connectivity index (χ1v) is 9.58. The second-order valence-electron chi connectivity index (χ2n) is 5.62. The Morgan fingerprint density at radius 1 is 1.30 bits per heavy atom. The van der Waals surface area contributed by atoms with Crippen molar-refractivity contribution in [3.8, 4) is 0 Å². The fourth-order valence-electron chi connectivity index (χ4n) is 2.08. The summed E-state index contributed by atoms with van der Waals surface area (Å²) in [5.74, 6) is -1.72. The van der Waals surface area contributed by atoms with E-state index in [4.69, 9.17) is 4.74 Å². The first-order chi connectivity index (χ1) is 12.8. The minimum atomic E-state index is -0.984. The number of Topliss-reactive ketones (excluding diaryl/α,β-unsaturated/α-hetero) is 1. The average molecular weight is 454 g/mol. The van der Waals surface area contributed by atoms with Gasteiger partial charge in [-0.3, -0.25) is 9.59 Å². The number of amides is 1. The molecule has 0 aliphatic rings. The lowest BCUT2D eigenvalue weighted by Crippen LogP contribution is -2.22. The van der Waals surface area contributed by atoms with E-state index in [0.29, 0.717) is 15.9 Å². The van der Waals surface area contributed by atoms with Gasteiger partial charge in [-0.05, 0) is 43.3 Å². The number of hydrogen-bond donors (Lipinski definition) is 1. The minimum Gasteiger partial charge on any atom is -0.451 e. The standard InChI is InChI=1S/C19H17BrFNO4S/c1-11(19(25)17-7-5-15(27-17)10-22-12(2)23)26-18(24)8-3-13-9-14(20)4-6-16(13)21/h3-9,11H,10H2,1-2H3,(H,22,23)/b8-3+. The van der Waals surface area contributed by atoms with Gasteiger partial charge in [0.25, 0.3) is 0 Å². The topological polar surface area (TPSA) is 72.5 Å². The summed E-state index contributed by atoms with van der Waals surface area (Å²) in [5, 5.41) is 2.65. The molecule has 0 radical (unpaired) electrons. The van der Waals surface area contributed by atoms with Gasteiger partial charge < -0.3 is 10.1 Å². The van der Waals surface area contributed by atoms with Crippen LogP contribution in [-0.4, -0.2) is 23.8 Å². The van der Waals surface area contributed by atoms with Gasteiger partial charge in [-0.1, -0.05) is 15.9 Å². The number of ketones is 1. The number of rotatable bonds is 7. The molecule has 0 spiro atoms. The molecule has 0 aliphatic heterocycles. The van der Waals surface area contributed by atoms with Gasteiger partial charge in [-0.25, -0.2) is 9.18 Å². The summed E-state index contributed by atoms with van der Waals surface area (Å²) in [6.07, 6.45) is 1.38. The van der Waals surface area contributed by atoms with E-state index in [9.17, 15) is 18.8 Å². The van der Waals surface area contributed by atoms with E-state index in [1.54, 1.807) is 18.2 Å². The number of halogens is 2. The quantitative estimate of drug-likeness (QED) is 0.388. The lowest BCUT2D eigenvalue weighted by molar-refractivity contribution is -0.140. The van der Waals surface area contributed by atoms with Gasteiger partial charge in [0.1, 0.15) is 5.82 Å². The molecule has 0 aliphatic carbocycles. The molecule has 8 heteroatoms. The van der Waals surface area contributed by atoms with E-state index in [1.807, 2.05) is 0 Å². The highest BCUT2D eigenvalue weighted by Gasteiger charge is 2.20. The SMILES string of the molecule is CC(=O)NCc1ccc(C(=O)C(C)OC(=O)/C=C/c2cc(Br)ccc2F)s1. The lowest BCUT2D eigenvalue weighted by Gasteiger charge is -2.09. The average Bonchev–Trinajstić information content (AvgIpc) is 3.09. The van der Waals surface area contributed by atoms with Crippen LogP contribution >= 0.6 is 27.3 Å². The molecular weight excluding hydrogens is 437 g/mol. The van der Waals surface area contributed by atoms with Crippen molar-refractivity contribution < 1.29 is 23.5 Å². The Hall–Kier alpha value is -2.32. The maximum absolute atomic E-state index is 13.6. The molecule has 142 valence electrons. The van der Waals surface area contributed by atoms with E-state index in [-0.39, 0.29) is 17.3 Å². The van der Waals surface area contributed by atoms with Crippen molar-refractivity contribution in [1.29, 1.82) is 0 Å². The Morgan fingerprint density at radius 2 is 2.04 bits per heavy atom. The Labute approximate surface area is 168 Å². The van der Waals surface area contributed by atoms with E-state index in [1.165, 1.54) is 43.4 Å². The van der Waals surface area contributed by atoms with Crippen LogP contribution in [0.4, 0.5) is 4.39 Å². The summed E-state index contributed by atoms with van der Waals surface area (Å²) in [6, 6.07) is 7.71. The van der Waals surface area contributed by atoms with Crippen molar-refractivity contribution in [2.24, 2.45) is 0 Å². The van der Waals surface area contributed by atoms with Gasteiger partial charge in [0, 0.05) is 27.9 Å². The molecule has 1 atom stereocenters. The lowest BCUT2D eigenvalue weighted by atomic mass is 10.2. The van der Waals surface area contributed by atoms with Crippen molar-refractivity contribution in [2.75, 3.05) is 0 Å². The third kappa shape index (κ3) is 6.41. The van der Waals surface area contributed by atoms with Gasteiger partial charge in [0.2, 0.25) is 11.7 Å². The maximum Gasteiger partial charge on any atom is 0.331 e. The van der Waals surface area contributed by atoms with Crippen LogP contribution in [0.2, 0.25) is 0 Å². The van der Waals surface area contributed by atoms with E-state index in [0.717, 1.165) is 11.0 Å². The molecular formula is C19H17BrFNO4S. The number of hydrogen-bond acceptors (Lipinski definition) is 5. The molecule has 27 heavy (non-hydrogen) atoms. The molecule has 0 fully saturated rings. The summed E-state index contributed by atoms with van der Waals surface area (Å²) in [6.45, 7) is 3.22. The fraction of sp³-hybridized carbons (Fsp3) is 0.211. The van der Waals surface area contributed by atoms with Crippen molar-refractivity contribution >= 4 is 51.0 Å². The molecule has 0 bridgehead atoms. The van der Waals surface area contributed by atoms with Gasteiger partial charge in [-0.2, -0.15) is 0 Å². The van der Waals surface area contributed by atoms with Crippen LogP contribution in [0.1, 0.15) is 34.0 Å². The molecule has 1 heterocycles. The molecule has 1 aromatic carbocycles. The van der Waals surface area contributed by atoms with Crippen LogP contribution in [0.25, 0.3) is 6.08 Å². The smallest absolute Gasteiger partial charge is 0.331 e. The highest BCUT2D eigenvalue weighted by atomic mass is 79.9. The predicted molar refractivity (Wildman–Crippen MR) is 105 cm³/mol. The molecule has 5 nitrogen and oxygen atoms in total. The zero-order chi connectivity index (χ0) is 20.0. The highest BCUT2D eigenvalue weighted by Crippen LogP contribution is 2.20. The molecule has 2 aromatic rings. The normalized spacial score (nSPS) is 12.0. The molecule has 0 saturated carbocycles. The van der Waals surface area contributed by atoms with Crippen LogP contribution < -0.4 is 5.32 Å². The summed E-state index contributed by atoms with van der Waals surface area (Å²) < 4.78 is 19.4. The summed E-state index contributed by atoms with van der Waals surface area (Å²) in [4.78, 5) is 36.4. The number of carbonyl (C=O) groups excluding carboxylic acids is 3. The van der Waals surface area contributed by atoms with Gasteiger partial charge in [-0.15, -0.1) is 11.3 Å². The van der Waals surface area contributed by atoms with E-state index >= 15 is 0 Å². The van der Waals surface area contributed by atoms with Gasteiger partial charge >= 0.3 is 5.97 Å². The zero-order valence-electron chi connectivity index (χ0n) is 14.6. The summed E-state index contributed by atoms with van der Waals surface area (Å²) in [5.41, 5.74) is 0.223. The first-order valence-electron chi connectivity index (χ1n) is 7.97. The van der Waals surface area contributed by atoms with Crippen LogP contribution in [0.5, 0.6) is 0 Å². The number of ether oxygens (including phenoxy) is 1. The van der Waals surface area contributed by atoms with Crippen LogP contribution in [0.15, 0.2) is 40.9 Å². The van der Waals surface area contributed by atoms with Crippen LogP contribution in [-0.2, 0) is 20.9 Å². The number of esters is 1. The Bertz CT molecular complexity index is 894.